The third-order valence-corrected chi connectivity index (χ3v) is 20.3. The molecule has 0 fully saturated rings. The highest BCUT2D eigenvalue weighted by Crippen LogP contribution is 2.52. The van der Waals surface area contributed by atoms with Gasteiger partial charge in [0.2, 0.25) is 0 Å². The summed E-state index contributed by atoms with van der Waals surface area (Å²) in [5.41, 5.74) is 22.7. The summed E-state index contributed by atoms with van der Waals surface area (Å²) in [5.74, 6) is 0. The average Bonchev–Trinajstić information content (AvgIpc) is 1.73. The molecule has 0 aliphatic carbocycles. The summed E-state index contributed by atoms with van der Waals surface area (Å²) in [6.07, 6.45) is 0. The average molecular weight is 1170 g/mol. The smallest absolute Gasteiger partial charge is 0.143 e. The first-order chi connectivity index (χ1) is 45.1. The van der Waals surface area contributed by atoms with Crippen LogP contribution in [0.1, 0.15) is 0 Å². The lowest BCUT2D eigenvalue weighted by Gasteiger charge is -2.19. The highest BCUT2D eigenvalue weighted by Gasteiger charge is 2.25. The van der Waals surface area contributed by atoms with Crippen molar-refractivity contribution in [1.29, 1.82) is 0 Å². The van der Waals surface area contributed by atoms with Gasteiger partial charge in [0.05, 0.1) is 0 Å². The van der Waals surface area contributed by atoms with E-state index in [9.17, 15) is 0 Å². The summed E-state index contributed by atoms with van der Waals surface area (Å²) in [5, 5.41) is 16.9. The van der Waals surface area contributed by atoms with Crippen LogP contribution in [0.2, 0.25) is 0 Å². The van der Waals surface area contributed by atoms with Crippen LogP contribution < -0.4 is 0 Å². The first kappa shape index (κ1) is 51.4. The molecule has 0 spiro atoms. The molecule has 0 saturated heterocycles. The molecule has 91 heavy (non-hydrogen) atoms. The van der Waals surface area contributed by atoms with Crippen LogP contribution in [0.5, 0.6) is 0 Å². The monoisotopic (exact) mass is 1170 g/mol. The van der Waals surface area contributed by atoms with Crippen molar-refractivity contribution in [3.63, 3.8) is 0 Å². The van der Waals surface area contributed by atoms with Gasteiger partial charge in [-0.2, -0.15) is 0 Å². The van der Waals surface area contributed by atoms with Crippen LogP contribution in [0.25, 0.3) is 196 Å². The van der Waals surface area contributed by atoms with E-state index in [2.05, 4.69) is 303 Å². The third-order valence-electron chi connectivity index (χ3n) is 19.1. The number of thiophene rings is 1. The molecule has 19 rings (SSSR count). The minimum absolute atomic E-state index is 0.868. The maximum absolute atomic E-state index is 6.93. The van der Waals surface area contributed by atoms with Gasteiger partial charge in [-0.1, -0.05) is 279 Å². The fourth-order valence-corrected chi connectivity index (χ4v) is 16.3. The molecule has 3 aromatic heterocycles. The van der Waals surface area contributed by atoms with Crippen molar-refractivity contribution in [2.75, 3.05) is 0 Å². The molecular formula is C88H52O2S. The van der Waals surface area contributed by atoms with Gasteiger partial charge in [0.15, 0.2) is 0 Å². The summed E-state index contributed by atoms with van der Waals surface area (Å²) in [6.45, 7) is 0. The van der Waals surface area contributed by atoms with Crippen LogP contribution in [0, 0.1) is 0 Å². The number of hydrogen-bond donors (Lipinski definition) is 0. The Bertz CT molecular complexity index is 6050. The number of benzene rings is 16. The molecule has 3 heteroatoms. The summed E-state index contributed by atoms with van der Waals surface area (Å²) in [4.78, 5) is 0. The van der Waals surface area contributed by atoms with E-state index >= 15 is 0 Å². The van der Waals surface area contributed by atoms with Gasteiger partial charge in [0, 0.05) is 47.3 Å². The Morgan fingerprint density at radius 2 is 0.560 bits per heavy atom. The molecule has 422 valence electrons. The molecule has 2 nitrogen and oxygen atoms in total. The Labute approximate surface area is 528 Å². The Morgan fingerprint density at radius 1 is 0.198 bits per heavy atom. The maximum atomic E-state index is 6.93. The fraction of sp³-hybridized carbons (Fsp3) is 0. The Balaban J connectivity index is 0.657. The second-order valence-electron chi connectivity index (χ2n) is 24.0. The van der Waals surface area contributed by atoms with E-state index < -0.39 is 0 Å². The Morgan fingerprint density at radius 3 is 1.10 bits per heavy atom. The Hall–Kier alpha value is -11.6. The first-order valence-electron chi connectivity index (χ1n) is 31.2. The predicted octanol–water partition coefficient (Wildman–Crippen LogP) is 25.8. The van der Waals surface area contributed by atoms with Crippen LogP contribution >= 0.6 is 11.3 Å². The molecule has 0 aliphatic rings. The number of para-hydroxylation sites is 2. The first-order valence-corrected chi connectivity index (χ1v) is 32.0. The lowest BCUT2D eigenvalue weighted by Crippen LogP contribution is -1.92. The van der Waals surface area contributed by atoms with E-state index in [0.717, 1.165) is 60.6 Å². The zero-order valence-corrected chi connectivity index (χ0v) is 50.1. The summed E-state index contributed by atoms with van der Waals surface area (Å²) < 4.78 is 15.8. The number of fused-ring (bicyclic) bond motifs is 13. The molecule has 19 aromatic rings. The SMILES string of the molecule is c1ccc(-c2c3ccccc3c(-c3ccc(-c4ccc(-c5ccc(-c6ccc(-c7c8ccccc8c(-c8ccc(-c9ccc%10oc%11ccccc%11c%10c9)c9oc%10ccccc%10c89)c8ccccc78)cc6)cc5)cc4)c4sc5ccccc5c34)c3ccccc23)cc1. The zero-order chi connectivity index (χ0) is 59.7. The van der Waals surface area contributed by atoms with Crippen molar-refractivity contribution in [1.82, 2.24) is 0 Å². The molecule has 3 heterocycles. The second kappa shape index (κ2) is 20.5. The van der Waals surface area contributed by atoms with Crippen LogP contribution in [0.3, 0.4) is 0 Å². The van der Waals surface area contributed by atoms with Crippen molar-refractivity contribution in [3.05, 3.63) is 315 Å². The molecule has 16 aromatic carbocycles. The molecule has 0 radical (unpaired) electrons. The molecular weight excluding hydrogens is 1120 g/mol. The molecule has 0 atom stereocenters. The summed E-state index contributed by atoms with van der Waals surface area (Å²) in [6, 6.07) is 116. The number of furan rings is 2. The number of rotatable bonds is 8. The Kier molecular flexibility index (Phi) is 11.6. The minimum atomic E-state index is 0.868. The summed E-state index contributed by atoms with van der Waals surface area (Å²) >= 11 is 1.90. The van der Waals surface area contributed by atoms with Crippen LogP contribution in [0.4, 0.5) is 0 Å². The molecule has 0 saturated carbocycles. The van der Waals surface area contributed by atoms with E-state index in [1.54, 1.807) is 0 Å². The topological polar surface area (TPSA) is 26.3 Å². The zero-order valence-electron chi connectivity index (χ0n) is 49.2. The minimum Gasteiger partial charge on any atom is -0.456 e. The van der Waals surface area contributed by atoms with Gasteiger partial charge < -0.3 is 8.83 Å². The highest BCUT2D eigenvalue weighted by molar-refractivity contribution is 7.26. The third kappa shape index (κ3) is 8.05. The fourth-order valence-electron chi connectivity index (χ4n) is 15.0. The van der Waals surface area contributed by atoms with Gasteiger partial charge in [0.1, 0.15) is 22.3 Å². The predicted molar refractivity (Wildman–Crippen MR) is 387 cm³/mol. The molecule has 0 aliphatic heterocycles. The van der Waals surface area contributed by atoms with E-state index in [-0.39, 0.29) is 0 Å². The van der Waals surface area contributed by atoms with E-state index in [0.29, 0.717) is 0 Å². The second-order valence-corrected chi connectivity index (χ2v) is 25.1. The van der Waals surface area contributed by atoms with Gasteiger partial charge in [-0.25, -0.2) is 0 Å². The van der Waals surface area contributed by atoms with Gasteiger partial charge >= 0.3 is 0 Å². The van der Waals surface area contributed by atoms with Crippen LogP contribution in [0.15, 0.2) is 324 Å². The lowest BCUT2D eigenvalue weighted by atomic mass is 9.84. The van der Waals surface area contributed by atoms with Gasteiger partial charge in [0.25, 0.3) is 0 Å². The molecule has 0 bridgehead atoms. The van der Waals surface area contributed by atoms with Crippen molar-refractivity contribution >= 4 is 118 Å². The van der Waals surface area contributed by atoms with Crippen molar-refractivity contribution in [2.45, 2.75) is 0 Å². The van der Waals surface area contributed by atoms with Gasteiger partial charge in [-0.3, -0.25) is 0 Å². The quantitative estimate of drug-likeness (QED) is 0.142. The maximum Gasteiger partial charge on any atom is 0.143 e. The highest BCUT2D eigenvalue weighted by atomic mass is 32.1. The van der Waals surface area contributed by atoms with Crippen molar-refractivity contribution in [2.24, 2.45) is 0 Å². The van der Waals surface area contributed by atoms with E-state index in [4.69, 9.17) is 8.83 Å². The van der Waals surface area contributed by atoms with Gasteiger partial charge in [-0.15, -0.1) is 11.3 Å². The molecule has 0 amide bonds. The molecule has 0 N–H and O–H groups in total. The van der Waals surface area contributed by atoms with E-state index in [1.165, 1.54) is 136 Å². The molecule has 0 unspecified atom stereocenters. The van der Waals surface area contributed by atoms with Gasteiger partial charge in [-0.05, 0) is 163 Å². The van der Waals surface area contributed by atoms with Crippen LogP contribution in [-0.4, -0.2) is 0 Å². The van der Waals surface area contributed by atoms with Crippen molar-refractivity contribution in [3.8, 4) is 89.0 Å². The summed E-state index contributed by atoms with van der Waals surface area (Å²) in [7, 11) is 0. The van der Waals surface area contributed by atoms with Crippen molar-refractivity contribution < 1.29 is 8.83 Å². The lowest BCUT2D eigenvalue weighted by molar-refractivity contribution is 0.668. The normalized spacial score (nSPS) is 12.0. The standard InChI is InChI=1S/C88H52O2S/c1-2-18-58(19-3-1)81-64-21-4-10-27-70(64)84(71-28-11-5-22-65(71)81)75-50-48-62(88-86(75)73-30-14-17-33-80(73)91-88)57-42-38-55(39-43-57)53-34-36-54(37-35-53)56-40-44-59(45-41-56)82-66-23-6-8-25-68(66)83(69-26-9-7-24-67(69)82)74-49-47-61(87-85(74)72-29-13-16-32-78(72)90-87)60-46-51-79-76(52-60)63-20-12-15-31-77(63)89-79/h1-52H. The number of hydrogen-bond acceptors (Lipinski definition) is 3. The van der Waals surface area contributed by atoms with E-state index in [1.807, 2.05) is 23.5 Å². The van der Waals surface area contributed by atoms with Crippen LogP contribution in [-0.2, 0) is 0 Å². The largest absolute Gasteiger partial charge is 0.456 e.